The summed E-state index contributed by atoms with van der Waals surface area (Å²) in [4.78, 5) is 35.9. The molecule has 1 N–H and O–H groups in total. The topological polar surface area (TPSA) is 87.8 Å². The van der Waals surface area contributed by atoms with Crippen LogP contribution in [0.5, 0.6) is 11.5 Å². The number of nitrogens with one attached hydrogen (secondary N) is 1. The number of nitrogens with zero attached hydrogens (tertiary/aromatic N) is 3. The number of aromatic nitrogens is 2. The second-order valence-corrected chi connectivity index (χ2v) is 7.00. The van der Waals surface area contributed by atoms with Crippen LogP contribution in [0, 0.1) is 0 Å². The van der Waals surface area contributed by atoms with Crippen LogP contribution >= 0.6 is 0 Å². The van der Waals surface area contributed by atoms with Gasteiger partial charge in [0.2, 0.25) is 0 Å². The highest BCUT2D eigenvalue weighted by Crippen LogP contribution is 2.18. The van der Waals surface area contributed by atoms with Crippen molar-refractivity contribution >= 4 is 22.8 Å². The van der Waals surface area contributed by atoms with Crippen molar-refractivity contribution in [2.24, 2.45) is 0 Å². The van der Waals surface area contributed by atoms with Crippen LogP contribution in [-0.4, -0.2) is 71.0 Å². The third-order valence-corrected chi connectivity index (χ3v) is 5.08. The largest absolute Gasteiger partial charge is 0.494 e. The normalized spacial score (nSPS) is 14.0. The van der Waals surface area contributed by atoms with E-state index in [-0.39, 0.29) is 18.4 Å². The van der Waals surface area contributed by atoms with Crippen LogP contribution in [0.4, 0.5) is 0 Å². The minimum Gasteiger partial charge on any atom is -0.494 e. The van der Waals surface area contributed by atoms with Gasteiger partial charge in [0, 0.05) is 31.7 Å². The third-order valence-electron chi connectivity index (χ3n) is 5.08. The average Bonchev–Trinajstić information content (AvgIpc) is 3.26. The number of carbonyl (C=O) groups excluding carboxylic acids is 2. The van der Waals surface area contributed by atoms with Crippen molar-refractivity contribution in [1.29, 1.82) is 0 Å². The maximum absolute atomic E-state index is 12.8. The Morgan fingerprint density at radius 3 is 2.33 bits per heavy atom. The van der Waals surface area contributed by atoms with E-state index in [0.29, 0.717) is 44.1 Å². The van der Waals surface area contributed by atoms with Crippen molar-refractivity contribution in [2.75, 3.05) is 39.4 Å². The number of rotatable bonds is 6. The van der Waals surface area contributed by atoms with Crippen molar-refractivity contribution in [3.05, 3.63) is 54.4 Å². The SMILES string of the molecule is CCOc1ccc(OCC(=O)N2CCN(C(=O)c3ccc4nc[nH]c4c3)CC2)cc1. The molecule has 1 saturated heterocycles. The first-order valence-electron chi connectivity index (χ1n) is 10.00. The van der Waals surface area contributed by atoms with Crippen LogP contribution in [0.2, 0.25) is 0 Å². The Morgan fingerprint density at radius 2 is 1.63 bits per heavy atom. The Labute approximate surface area is 174 Å². The van der Waals surface area contributed by atoms with Crippen molar-refractivity contribution in [1.82, 2.24) is 19.8 Å². The quantitative estimate of drug-likeness (QED) is 0.676. The fraction of sp³-hybridized carbons (Fsp3) is 0.318. The number of hydrogen-bond acceptors (Lipinski definition) is 5. The zero-order valence-electron chi connectivity index (χ0n) is 16.8. The maximum Gasteiger partial charge on any atom is 0.260 e. The number of carbonyl (C=O) groups is 2. The zero-order valence-corrected chi connectivity index (χ0v) is 16.8. The summed E-state index contributed by atoms with van der Waals surface area (Å²) in [6.45, 7) is 4.47. The fourth-order valence-electron chi connectivity index (χ4n) is 3.45. The first kappa shape index (κ1) is 19.8. The van der Waals surface area contributed by atoms with E-state index in [2.05, 4.69) is 9.97 Å². The minimum atomic E-state index is -0.0881. The third kappa shape index (κ3) is 4.37. The molecule has 2 amide bonds. The van der Waals surface area contributed by atoms with Gasteiger partial charge in [-0.05, 0) is 49.4 Å². The lowest BCUT2D eigenvalue weighted by molar-refractivity contribution is -0.134. The first-order chi connectivity index (χ1) is 14.6. The molecule has 8 nitrogen and oxygen atoms in total. The Morgan fingerprint density at radius 1 is 0.967 bits per heavy atom. The summed E-state index contributed by atoms with van der Waals surface area (Å²) < 4.78 is 11.0. The van der Waals surface area contributed by atoms with Gasteiger partial charge in [-0.25, -0.2) is 4.98 Å². The van der Waals surface area contributed by atoms with E-state index in [0.717, 1.165) is 16.8 Å². The molecular formula is C22H24N4O4. The predicted octanol–water partition coefficient (Wildman–Crippen LogP) is 2.33. The Balaban J connectivity index is 1.27. The standard InChI is InChI=1S/C22H24N4O4/c1-2-29-17-4-6-18(7-5-17)30-14-21(27)25-9-11-26(12-10-25)22(28)16-3-8-19-20(13-16)24-15-23-19/h3-8,13,15H,2,9-12,14H2,1H3,(H,23,24). The van der Waals surface area contributed by atoms with Gasteiger partial charge in [0.15, 0.2) is 6.61 Å². The van der Waals surface area contributed by atoms with Gasteiger partial charge in [0.05, 0.1) is 24.0 Å². The maximum atomic E-state index is 12.8. The number of amides is 2. The molecule has 0 saturated carbocycles. The lowest BCUT2D eigenvalue weighted by atomic mass is 10.1. The van der Waals surface area contributed by atoms with Crippen LogP contribution in [-0.2, 0) is 4.79 Å². The van der Waals surface area contributed by atoms with Gasteiger partial charge in [-0.1, -0.05) is 0 Å². The number of aromatic amines is 1. The summed E-state index contributed by atoms with van der Waals surface area (Å²) in [6.07, 6.45) is 1.61. The number of H-pyrrole nitrogens is 1. The van der Waals surface area contributed by atoms with E-state index in [9.17, 15) is 9.59 Å². The predicted molar refractivity (Wildman–Crippen MR) is 112 cm³/mol. The van der Waals surface area contributed by atoms with Gasteiger partial charge < -0.3 is 24.3 Å². The molecule has 4 rings (SSSR count). The van der Waals surface area contributed by atoms with E-state index in [1.807, 2.05) is 31.2 Å². The number of ether oxygens (including phenoxy) is 2. The number of piperazine rings is 1. The Bertz CT molecular complexity index is 1020. The molecule has 1 aliphatic heterocycles. The van der Waals surface area contributed by atoms with E-state index in [1.54, 1.807) is 34.3 Å². The van der Waals surface area contributed by atoms with Gasteiger partial charge in [0.25, 0.3) is 11.8 Å². The van der Waals surface area contributed by atoms with Crippen LogP contribution in [0.25, 0.3) is 11.0 Å². The number of benzene rings is 2. The van der Waals surface area contributed by atoms with Crippen LogP contribution < -0.4 is 9.47 Å². The molecule has 156 valence electrons. The van der Waals surface area contributed by atoms with E-state index >= 15 is 0 Å². The van der Waals surface area contributed by atoms with Crippen LogP contribution in [0.3, 0.4) is 0 Å². The van der Waals surface area contributed by atoms with Gasteiger partial charge >= 0.3 is 0 Å². The molecular weight excluding hydrogens is 384 g/mol. The minimum absolute atomic E-state index is 0.0293. The molecule has 2 aromatic carbocycles. The zero-order chi connectivity index (χ0) is 20.9. The molecule has 0 aliphatic carbocycles. The molecule has 0 radical (unpaired) electrons. The highest BCUT2D eigenvalue weighted by molar-refractivity contribution is 5.97. The highest BCUT2D eigenvalue weighted by Gasteiger charge is 2.25. The van der Waals surface area contributed by atoms with E-state index in [4.69, 9.17) is 9.47 Å². The number of fused-ring (bicyclic) bond motifs is 1. The summed E-state index contributed by atoms with van der Waals surface area (Å²) in [7, 11) is 0. The molecule has 1 fully saturated rings. The summed E-state index contributed by atoms with van der Waals surface area (Å²) in [6, 6.07) is 12.6. The second-order valence-electron chi connectivity index (χ2n) is 7.00. The molecule has 30 heavy (non-hydrogen) atoms. The molecule has 0 bridgehead atoms. The summed E-state index contributed by atoms with van der Waals surface area (Å²) in [5.74, 6) is 1.26. The smallest absolute Gasteiger partial charge is 0.260 e. The van der Waals surface area contributed by atoms with Crippen molar-refractivity contribution < 1.29 is 19.1 Å². The molecule has 0 spiro atoms. The number of imidazole rings is 1. The summed E-state index contributed by atoms with van der Waals surface area (Å²) in [5, 5.41) is 0. The lowest BCUT2D eigenvalue weighted by Crippen LogP contribution is -2.51. The number of hydrogen-bond donors (Lipinski definition) is 1. The summed E-state index contributed by atoms with van der Waals surface area (Å²) >= 11 is 0. The fourth-order valence-corrected chi connectivity index (χ4v) is 3.45. The second kappa shape index (κ2) is 8.86. The monoisotopic (exact) mass is 408 g/mol. The van der Waals surface area contributed by atoms with Crippen molar-refractivity contribution in [3.8, 4) is 11.5 Å². The average molecular weight is 408 g/mol. The van der Waals surface area contributed by atoms with Crippen LogP contribution in [0.15, 0.2) is 48.8 Å². The molecule has 8 heteroatoms. The van der Waals surface area contributed by atoms with Gasteiger partial charge in [-0.15, -0.1) is 0 Å². The molecule has 1 aliphatic rings. The van der Waals surface area contributed by atoms with Crippen LogP contribution in [0.1, 0.15) is 17.3 Å². The highest BCUT2D eigenvalue weighted by atomic mass is 16.5. The molecule has 1 aromatic heterocycles. The van der Waals surface area contributed by atoms with E-state index < -0.39 is 0 Å². The van der Waals surface area contributed by atoms with Gasteiger partial charge in [0.1, 0.15) is 11.5 Å². The molecule has 2 heterocycles. The Kier molecular flexibility index (Phi) is 5.83. The van der Waals surface area contributed by atoms with Crippen molar-refractivity contribution in [3.63, 3.8) is 0 Å². The van der Waals surface area contributed by atoms with E-state index in [1.165, 1.54) is 0 Å². The molecule has 3 aromatic rings. The summed E-state index contributed by atoms with van der Waals surface area (Å²) in [5.41, 5.74) is 2.28. The van der Waals surface area contributed by atoms with Gasteiger partial charge in [-0.2, -0.15) is 0 Å². The first-order valence-corrected chi connectivity index (χ1v) is 10.00. The lowest BCUT2D eigenvalue weighted by Gasteiger charge is -2.34. The Hall–Kier alpha value is -3.55. The molecule has 0 atom stereocenters. The van der Waals surface area contributed by atoms with Crippen molar-refractivity contribution in [2.45, 2.75) is 6.92 Å². The van der Waals surface area contributed by atoms with Gasteiger partial charge in [-0.3, -0.25) is 9.59 Å². The molecule has 0 unspecified atom stereocenters.